The number of urea groups is 1. The maximum Gasteiger partial charge on any atom is 0.315 e. The summed E-state index contributed by atoms with van der Waals surface area (Å²) in [6, 6.07) is 17.7. The van der Waals surface area contributed by atoms with Crippen LogP contribution in [-0.2, 0) is 19.2 Å². The van der Waals surface area contributed by atoms with Gasteiger partial charge < -0.3 is 42.0 Å². The van der Waals surface area contributed by atoms with Gasteiger partial charge in [0, 0.05) is 114 Å². The molecule has 4 fully saturated rings. The van der Waals surface area contributed by atoms with Crippen LogP contribution in [0.4, 0.5) is 10.6 Å². The largest absolute Gasteiger partial charge is 0.457 e. The molecule has 6 heterocycles. The molecule has 4 aliphatic rings. The van der Waals surface area contributed by atoms with Crippen molar-refractivity contribution in [2.45, 2.75) is 113 Å². The Labute approximate surface area is 438 Å². The first-order chi connectivity index (χ1) is 36.2. The molecule has 4 aliphatic heterocycles. The Balaban J connectivity index is 0.623. The van der Waals surface area contributed by atoms with Crippen molar-refractivity contribution in [2.24, 2.45) is 0 Å². The molecule has 7 N–H and O–H groups in total. The number of amides is 6. The number of nitrogens with zero attached hydrogens (tertiary/aromatic N) is 7. The summed E-state index contributed by atoms with van der Waals surface area (Å²) in [4.78, 5) is 77.5. The van der Waals surface area contributed by atoms with Gasteiger partial charge in [0.05, 0.1) is 23.5 Å². The van der Waals surface area contributed by atoms with Crippen LogP contribution >= 0.6 is 11.8 Å². The third kappa shape index (κ3) is 15.9. The van der Waals surface area contributed by atoms with Crippen molar-refractivity contribution in [1.82, 2.24) is 61.0 Å². The average Bonchev–Trinajstić information content (AvgIpc) is 4.12. The molecule has 2 aromatic carbocycles. The average molecular weight is 1030 g/mol. The summed E-state index contributed by atoms with van der Waals surface area (Å²) in [5.41, 5.74) is 8.64. The minimum Gasteiger partial charge on any atom is -0.457 e. The Morgan fingerprint density at radius 1 is 0.757 bits per heavy atom. The predicted molar refractivity (Wildman–Crippen MR) is 288 cm³/mol. The van der Waals surface area contributed by atoms with E-state index in [4.69, 9.17) is 15.6 Å². The van der Waals surface area contributed by atoms with E-state index in [1.54, 1.807) is 6.08 Å². The molecule has 6 amide bonds. The number of fused-ring (bicyclic) bond motifs is 2. The zero-order valence-corrected chi connectivity index (χ0v) is 43.5. The highest BCUT2D eigenvalue weighted by atomic mass is 32.2. The fourth-order valence-corrected chi connectivity index (χ4v) is 11.8. The van der Waals surface area contributed by atoms with Crippen molar-refractivity contribution in [1.29, 1.82) is 0 Å². The van der Waals surface area contributed by atoms with Gasteiger partial charge in [-0.3, -0.25) is 29.0 Å². The third-order valence-electron chi connectivity index (χ3n) is 14.4. The third-order valence-corrected chi connectivity index (χ3v) is 15.9. The van der Waals surface area contributed by atoms with Crippen LogP contribution in [0.1, 0.15) is 95.9 Å². The lowest BCUT2D eigenvalue weighted by molar-refractivity contribution is -0.127. The molecule has 19 nitrogen and oxygen atoms in total. The number of benzene rings is 2. The van der Waals surface area contributed by atoms with Crippen LogP contribution in [0.25, 0.3) is 22.3 Å². The molecule has 0 aliphatic carbocycles. The van der Waals surface area contributed by atoms with Crippen molar-refractivity contribution < 1.29 is 28.7 Å². The predicted octanol–water partition coefficient (Wildman–Crippen LogP) is 5.40. The van der Waals surface area contributed by atoms with E-state index in [2.05, 4.69) is 46.4 Å². The number of nitrogens with one attached hydrogen (secondary N) is 5. The van der Waals surface area contributed by atoms with Crippen molar-refractivity contribution in [3.05, 3.63) is 73.1 Å². The topological polar surface area (TPSA) is 234 Å². The molecule has 74 heavy (non-hydrogen) atoms. The van der Waals surface area contributed by atoms with E-state index in [1.807, 2.05) is 82.0 Å². The van der Waals surface area contributed by atoms with Gasteiger partial charge in [0.2, 0.25) is 23.6 Å². The maximum atomic E-state index is 13.5. The molecule has 0 unspecified atom stereocenters. The number of piperazine rings is 1. The summed E-state index contributed by atoms with van der Waals surface area (Å²) in [6.45, 7) is 8.14. The first kappa shape index (κ1) is 54.0. The first-order valence-corrected chi connectivity index (χ1v) is 27.9. The number of rotatable bonds is 27. The fourth-order valence-electron chi connectivity index (χ4n) is 10.2. The monoisotopic (exact) mass is 1030 g/mol. The van der Waals surface area contributed by atoms with E-state index >= 15 is 0 Å². The highest BCUT2D eigenvalue weighted by Gasteiger charge is 2.42. The van der Waals surface area contributed by atoms with Crippen molar-refractivity contribution in [3.63, 3.8) is 0 Å². The maximum absolute atomic E-state index is 13.5. The first-order valence-electron chi connectivity index (χ1n) is 26.9. The number of thioether (sulfide) groups is 1. The molecule has 398 valence electrons. The van der Waals surface area contributed by atoms with Crippen LogP contribution in [0.15, 0.2) is 73.1 Å². The zero-order valence-electron chi connectivity index (χ0n) is 42.7. The standard InChI is InChI=1S/C54H75N13O6S/c55-52-49-50(39-22-24-42(25-23-39)73-41-15-4-1-5-16-41)63-67(53(49)60-38-59-52)40-14-12-30-66(36-40)48(71)21-13-29-64-32-34-65(35-33-64)31-28-58-47(70)19-7-3-11-26-56-45(68)18-6-2-10-27-57-46(69)20-9-8-17-44-51-43(37-74-44)61-54(72)62-51/h1,4-5,13,15-16,21-25,38,40,43-44,51H,2-3,6-12,14,17-20,26-37H2,(H,56,68)(H,57,69)(H,58,70)(H2,55,59,60)(H2,61,62,72)/b21-13+/t40-,43+,44+,51+/m1/s1. The summed E-state index contributed by atoms with van der Waals surface area (Å²) in [7, 11) is 0. The highest BCUT2D eigenvalue weighted by Crippen LogP contribution is 2.36. The fraction of sp³-hybridized carbons (Fsp3) is 0.556. The summed E-state index contributed by atoms with van der Waals surface area (Å²) in [5.74, 6) is 2.96. The lowest BCUT2D eigenvalue weighted by Crippen LogP contribution is -2.48. The number of hydrogen-bond donors (Lipinski definition) is 6. The van der Waals surface area contributed by atoms with Crippen LogP contribution in [0.5, 0.6) is 11.5 Å². The van der Waals surface area contributed by atoms with Crippen LogP contribution in [0.2, 0.25) is 0 Å². The molecular weight excluding hydrogens is 959 g/mol. The number of nitrogens with two attached hydrogens (primary N) is 1. The second-order valence-electron chi connectivity index (χ2n) is 19.9. The van der Waals surface area contributed by atoms with Crippen LogP contribution in [-0.4, -0.2) is 159 Å². The minimum absolute atomic E-state index is 0.00861. The normalized spacial score (nSPS) is 20.1. The van der Waals surface area contributed by atoms with Gasteiger partial charge in [-0.05, 0) is 87.8 Å². The Kier molecular flexibility index (Phi) is 20.3. The van der Waals surface area contributed by atoms with E-state index in [0.29, 0.717) is 92.1 Å². The molecule has 0 radical (unpaired) electrons. The number of unbranched alkanes of at least 4 members (excludes halogenated alkanes) is 5. The number of anilines is 1. The van der Waals surface area contributed by atoms with Crippen LogP contribution < -0.4 is 37.1 Å². The van der Waals surface area contributed by atoms with E-state index < -0.39 is 0 Å². The van der Waals surface area contributed by atoms with Gasteiger partial charge in [-0.15, -0.1) is 0 Å². The van der Waals surface area contributed by atoms with Gasteiger partial charge in [-0.1, -0.05) is 43.5 Å². The molecular formula is C54H75N13O6S. The molecule has 20 heteroatoms. The van der Waals surface area contributed by atoms with Crippen LogP contribution in [0.3, 0.4) is 0 Å². The van der Waals surface area contributed by atoms with Gasteiger partial charge in [0.15, 0.2) is 5.65 Å². The lowest BCUT2D eigenvalue weighted by atomic mass is 10.0. The summed E-state index contributed by atoms with van der Waals surface area (Å²) in [6.07, 6.45) is 16.2. The van der Waals surface area contributed by atoms with Gasteiger partial charge in [0.25, 0.3) is 0 Å². The van der Waals surface area contributed by atoms with E-state index in [1.165, 1.54) is 6.33 Å². The molecule has 0 bridgehead atoms. The summed E-state index contributed by atoms with van der Waals surface area (Å²) < 4.78 is 7.92. The lowest BCUT2D eigenvalue weighted by Gasteiger charge is -2.34. The number of nitrogen functional groups attached to an aromatic ring is 1. The number of ether oxygens (including phenoxy) is 1. The number of piperidine rings is 1. The molecule has 2 aromatic heterocycles. The quantitative estimate of drug-likeness (QED) is 0.0250. The van der Waals surface area contributed by atoms with Gasteiger partial charge >= 0.3 is 6.03 Å². The molecule has 4 atom stereocenters. The second-order valence-corrected chi connectivity index (χ2v) is 21.1. The van der Waals surface area contributed by atoms with E-state index in [9.17, 15) is 24.0 Å². The molecule has 0 spiro atoms. The number of hydrogen-bond acceptors (Lipinski definition) is 13. The number of aromatic nitrogens is 4. The molecule has 0 saturated carbocycles. The summed E-state index contributed by atoms with van der Waals surface area (Å²) in [5, 5.41) is 21.2. The zero-order chi connectivity index (χ0) is 51.5. The Morgan fingerprint density at radius 3 is 2.14 bits per heavy atom. The number of carbonyl (C=O) groups excluding carboxylic acids is 5. The van der Waals surface area contributed by atoms with Crippen LogP contribution in [0, 0.1) is 0 Å². The van der Waals surface area contributed by atoms with Gasteiger partial charge in [-0.2, -0.15) is 16.9 Å². The second kappa shape index (κ2) is 27.9. The minimum atomic E-state index is -0.0697. The number of carbonyl (C=O) groups is 5. The van der Waals surface area contributed by atoms with Crippen molar-refractivity contribution >= 4 is 58.3 Å². The Hall–Kier alpha value is -6.25. The Bertz CT molecular complexity index is 2500. The number of para-hydroxylation sites is 1. The van der Waals surface area contributed by atoms with E-state index in [0.717, 1.165) is 120 Å². The molecule has 8 rings (SSSR count). The van der Waals surface area contributed by atoms with Gasteiger partial charge in [-0.25, -0.2) is 19.4 Å². The van der Waals surface area contributed by atoms with Gasteiger partial charge in [0.1, 0.15) is 29.3 Å². The highest BCUT2D eigenvalue weighted by molar-refractivity contribution is 8.00. The van der Waals surface area contributed by atoms with E-state index in [-0.39, 0.29) is 47.8 Å². The molecule has 4 saturated heterocycles. The Morgan fingerprint density at radius 2 is 1.42 bits per heavy atom. The number of likely N-dealkylation sites (tertiary alicyclic amines) is 1. The smallest absolute Gasteiger partial charge is 0.315 e. The molecule has 4 aromatic rings. The van der Waals surface area contributed by atoms with Crippen molar-refractivity contribution in [2.75, 3.05) is 83.5 Å². The van der Waals surface area contributed by atoms with Crippen molar-refractivity contribution in [3.8, 4) is 22.8 Å². The SMILES string of the molecule is Nc1ncnc2c1c(-c1ccc(Oc3ccccc3)cc1)nn2[C@@H]1CCCN(C(=O)/C=C/CN2CCN(CCNC(=O)CCCCCNC(=O)CCCCCNC(=O)CCCC[C@@H]3SC[C@@H]4NC(=O)N[C@@H]43)CC2)C1. The summed E-state index contributed by atoms with van der Waals surface area (Å²) >= 11 is 1.90.